The first-order chi connectivity index (χ1) is 6.34. The Morgan fingerprint density at radius 3 is 2.69 bits per heavy atom. The third kappa shape index (κ3) is 1.93. The van der Waals surface area contributed by atoms with Crippen molar-refractivity contribution in [3.05, 3.63) is 35.9 Å². The van der Waals surface area contributed by atoms with E-state index in [0.29, 0.717) is 6.42 Å². The number of carbonyl (C=O) groups excluding carboxylic acids is 1. The average Bonchev–Trinajstić information content (AvgIpc) is 2.53. The number of carbonyl (C=O) groups is 1. The minimum Gasteiger partial charge on any atom is -0.435 e. The molecule has 0 bridgehead atoms. The molecule has 1 aliphatic heterocycles. The van der Waals surface area contributed by atoms with Crippen LogP contribution in [0.3, 0.4) is 0 Å². The Morgan fingerprint density at radius 2 is 2.08 bits per heavy atom. The first kappa shape index (κ1) is 7.98. The van der Waals surface area contributed by atoms with Gasteiger partial charge in [-0.2, -0.15) is 0 Å². The van der Waals surface area contributed by atoms with Gasteiger partial charge < -0.3 is 4.74 Å². The molecule has 1 heterocycles. The normalized spacial score (nSPS) is 20.3. The lowest BCUT2D eigenvalue weighted by molar-refractivity contribution is -0.137. The molecule has 3 nitrogen and oxygen atoms in total. The van der Waals surface area contributed by atoms with Gasteiger partial charge in [0.1, 0.15) is 6.21 Å². The molecule has 0 spiro atoms. The van der Waals surface area contributed by atoms with E-state index in [1.165, 1.54) is 6.21 Å². The highest BCUT2D eigenvalue weighted by Crippen LogP contribution is 2.09. The Bertz CT molecular complexity index is 332. The van der Waals surface area contributed by atoms with Gasteiger partial charge in [-0.3, -0.25) is 0 Å². The fraction of sp³-hybridized carbons (Fsp3) is 0.200. The molecule has 3 heteroatoms. The third-order valence-electron chi connectivity index (χ3n) is 1.85. The summed E-state index contributed by atoms with van der Waals surface area (Å²) < 4.78 is 4.90. The van der Waals surface area contributed by atoms with Crippen LogP contribution in [0.25, 0.3) is 0 Å². The van der Waals surface area contributed by atoms with Crippen molar-refractivity contribution >= 4 is 12.2 Å². The van der Waals surface area contributed by atoms with E-state index in [-0.39, 0.29) is 12.2 Å². The quantitative estimate of drug-likeness (QED) is 0.633. The smallest absolute Gasteiger partial charge is 0.351 e. The van der Waals surface area contributed by atoms with E-state index in [2.05, 4.69) is 4.99 Å². The van der Waals surface area contributed by atoms with Crippen LogP contribution in [-0.2, 0) is 16.0 Å². The van der Waals surface area contributed by atoms with Crippen LogP contribution in [0, 0.1) is 0 Å². The van der Waals surface area contributed by atoms with Crippen molar-refractivity contribution in [1.29, 1.82) is 0 Å². The van der Waals surface area contributed by atoms with Crippen LogP contribution < -0.4 is 0 Å². The second-order valence-electron chi connectivity index (χ2n) is 2.86. The molecule has 1 unspecified atom stereocenters. The molecule has 1 aromatic rings. The molecule has 2 rings (SSSR count). The Kier molecular flexibility index (Phi) is 2.08. The molecule has 0 radical (unpaired) electrons. The van der Waals surface area contributed by atoms with Crippen LogP contribution in [0.15, 0.2) is 35.3 Å². The number of hydrogen-bond acceptors (Lipinski definition) is 3. The lowest BCUT2D eigenvalue weighted by atomic mass is 10.1. The maximum absolute atomic E-state index is 10.7. The standard InChI is InChI=1S/C10H9NO2/c12-10-7-11-9(13-10)6-8-4-2-1-3-5-8/h1-5,7,9H,6H2. The molecule has 1 aromatic carbocycles. The van der Waals surface area contributed by atoms with Crippen molar-refractivity contribution in [3.63, 3.8) is 0 Å². The summed E-state index contributed by atoms with van der Waals surface area (Å²) in [5.41, 5.74) is 1.12. The zero-order valence-electron chi connectivity index (χ0n) is 7.01. The third-order valence-corrected chi connectivity index (χ3v) is 1.85. The Hall–Kier alpha value is -1.64. The van der Waals surface area contributed by atoms with Gasteiger partial charge in [0.2, 0.25) is 0 Å². The number of aliphatic imine (C=N–C) groups is 1. The molecular weight excluding hydrogens is 166 g/mol. The van der Waals surface area contributed by atoms with Gasteiger partial charge in [0.25, 0.3) is 0 Å². The van der Waals surface area contributed by atoms with Crippen molar-refractivity contribution < 1.29 is 9.53 Å². The second-order valence-corrected chi connectivity index (χ2v) is 2.86. The molecular formula is C10H9NO2. The van der Waals surface area contributed by atoms with Crippen LogP contribution in [0.2, 0.25) is 0 Å². The van der Waals surface area contributed by atoms with Gasteiger partial charge in [-0.1, -0.05) is 30.3 Å². The lowest BCUT2D eigenvalue weighted by Crippen LogP contribution is -2.10. The minimum absolute atomic E-state index is 0.324. The summed E-state index contributed by atoms with van der Waals surface area (Å²) in [6.07, 6.45) is 1.56. The summed E-state index contributed by atoms with van der Waals surface area (Å²) in [7, 11) is 0. The SMILES string of the molecule is O=C1C=NC(Cc2ccccc2)O1. The van der Waals surface area contributed by atoms with E-state index >= 15 is 0 Å². The van der Waals surface area contributed by atoms with E-state index in [4.69, 9.17) is 4.74 Å². The lowest BCUT2D eigenvalue weighted by Gasteiger charge is -2.06. The number of cyclic esters (lactones) is 1. The van der Waals surface area contributed by atoms with Gasteiger partial charge in [-0.25, -0.2) is 9.79 Å². The predicted octanol–water partition coefficient (Wildman–Crippen LogP) is 1.18. The van der Waals surface area contributed by atoms with Gasteiger partial charge in [0.15, 0.2) is 6.23 Å². The van der Waals surface area contributed by atoms with Crippen LogP contribution in [0.5, 0.6) is 0 Å². The summed E-state index contributed by atoms with van der Waals surface area (Å²) in [5.74, 6) is -0.346. The van der Waals surface area contributed by atoms with Gasteiger partial charge in [0.05, 0.1) is 0 Å². The Labute approximate surface area is 76.1 Å². The Balaban J connectivity index is 2.00. The molecule has 0 saturated carbocycles. The predicted molar refractivity (Wildman–Crippen MR) is 48.5 cm³/mol. The summed E-state index contributed by atoms with van der Waals surface area (Å²) in [6, 6.07) is 9.84. The van der Waals surface area contributed by atoms with E-state index in [1.807, 2.05) is 30.3 Å². The summed E-state index contributed by atoms with van der Waals surface area (Å²) in [5, 5.41) is 0. The van der Waals surface area contributed by atoms with Crippen LogP contribution >= 0.6 is 0 Å². The molecule has 0 fully saturated rings. The van der Waals surface area contributed by atoms with Crippen molar-refractivity contribution in [3.8, 4) is 0 Å². The molecule has 0 aromatic heterocycles. The van der Waals surface area contributed by atoms with Gasteiger partial charge in [0, 0.05) is 6.42 Å². The first-order valence-electron chi connectivity index (χ1n) is 4.12. The zero-order valence-corrected chi connectivity index (χ0v) is 7.01. The summed E-state index contributed by atoms with van der Waals surface area (Å²) >= 11 is 0. The summed E-state index contributed by atoms with van der Waals surface area (Å²) in [6.45, 7) is 0. The number of benzene rings is 1. The number of ether oxygens (including phenoxy) is 1. The highest BCUT2D eigenvalue weighted by Gasteiger charge is 2.17. The van der Waals surface area contributed by atoms with Crippen molar-refractivity contribution in [2.45, 2.75) is 12.6 Å². The fourth-order valence-electron chi connectivity index (χ4n) is 1.25. The number of esters is 1. The molecule has 0 amide bonds. The number of hydrogen-bond donors (Lipinski definition) is 0. The van der Waals surface area contributed by atoms with E-state index in [0.717, 1.165) is 5.56 Å². The fourth-order valence-corrected chi connectivity index (χ4v) is 1.25. The number of nitrogens with zero attached hydrogens (tertiary/aromatic N) is 1. The average molecular weight is 175 g/mol. The summed E-state index contributed by atoms with van der Waals surface area (Å²) in [4.78, 5) is 14.6. The molecule has 0 aliphatic carbocycles. The molecule has 0 N–H and O–H groups in total. The second kappa shape index (κ2) is 3.39. The van der Waals surface area contributed by atoms with Crippen LogP contribution in [-0.4, -0.2) is 18.4 Å². The topological polar surface area (TPSA) is 38.7 Å². The molecule has 66 valence electrons. The van der Waals surface area contributed by atoms with E-state index < -0.39 is 0 Å². The Morgan fingerprint density at radius 1 is 1.31 bits per heavy atom. The van der Waals surface area contributed by atoms with Crippen molar-refractivity contribution in [1.82, 2.24) is 0 Å². The molecule has 1 atom stereocenters. The largest absolute Gasteiger partial charge is 0.435 e. The highest BCUT2D eigenvalue weighted by atomic mass is 16.6. The molecule has 0 saturated heterocycles. The van der Waals surface area contributed by atoms with E-state index in [9.17, 15) is 4.79 Å². The van der Waals surface area contributed by atoms with E-state index in [1.54, 1.807) is 0 Å². The van der Waals surface area contributed by atoms with Crippen molar-refractivity contribution in [2.24, 2.45) is 4.99 Å². The molecule has 1 aliphatic rings. The van der Waals surface area contributed by atoms with Crippen LogP contribution in [0.4, 0.5) is 0 Å². The molecule has 13 heavy (non-hydrogen) atoms. The van der Waals surface area contributed by atoms with Gasteiger partial charge in [-0.05, 0) is 5.56 Å². The highest BCUT2D eigenvalue weighted by molar-refractivity contribution is 6.24. The first-order valence-corrected chi connectivity index (χ1v) is 4.12. The van der Waals surface area contributed by atoms with Gasteiger partial charge >= 0.3 is 5.97 Å². The van der Waals surface area contributed by atoms with Crippen LogP contribution in [0.1, 0.15) is 5.56 Å². The van der Waals surface area contributed by atoms with Crippen molar-refractivity contribution in [2.75, 3.05) is 0 Å². The zero-order chi connectivity index (χ0) is 9.10. The van der Waals surface area contributed by atoms with Gasteiger partial charge in [-0.15, -0.1) is 0 Å². The minimum atomic E-state index is -0.346. The maximum atomic E-state index is 10.7. The number of rotatable bonds is 2. The monoisotopic (exact) mass is 175 g/mol. The maximum Gasteiger partial charge on any atom is 0.351 e.